The van der Waals surface area contributed by atoms with Gasteiger partial charge in [-0.15, -0.1) is 0 Å². The van der Waals surface area contributed by atoms with Crippen LogP contribution in [0.3, 0.4) is 0 Å². The number of carbonyl (C=O) groups excluding carboxylic acids is 1. The molecule has 0 heterocycles. The number of carbonyl (C=O) groups is 1. The first-order valence-corrected chi connectivity index (χ1v) is 8.72. The fraction of sp³-hybridized carbons (Fsp3) is 0.632. The number of aryl methyl sites for hydroxylation is 1. The summed E-state index contributed by atoms with van der Waals surface area (Å²) in [6.07, 6.45) is 9.83. The third kappa shape index (κ3) is 7.04. The Morgan fingerprint density at radius 2 is 1.70 bits per heavy atom. The number of nitrogens with zero attached hydrogens (tertiary/aromatic N) is 1. The second-order valence-corrected chi connectivity index (χ2v) is 6.91. The number of carboxylic acid groups (broad SMARTS) is 1. The molecule has 0 bridgehead atoms. The van der Waals surface area contributed by atoms with Crippen molar-refractivity contribution in [1.82, 2.24) is 4.48 Å². The third-order valence-electron chi connectivity index (χ3n) is 4.29. The minimum Gasteiger partial charge on any atom is -0.544 e. The van der Waals surface area contributed by atoms with Gasteiger partial charge >= 0.3 is 0 Å². The van der Waals surface area contributed by atoms with E-state index >= 15 is 0 Å². The zero-order chi connectivity index (χ0) is 17.3. The first-order chi connectivity index (χ1) is 10.9. The van der Waals surface area contributed by atoms with Gasteiger partial charge in [-0.25, -0.2) is 0 Å². The quantitative estimate of drug-likeness (QED) is 0.503. The van der Waals surface area contributed by atoms with Gasteiger partial charge in [-0.05, 0) is 24.5 Å². The number of phenols is 1. The summed E-state index contributed by atoms with van der Waals surface area (Å²) in [6.45, 7) is 2.07. The number of phenolic OH excluding ortho intramolecular Hbond substituents is 1. The predicted octanol–water partition coefficient (Wildman–Crippen LogP) is 3.00. The van der Waals surface area contributed by atoms with Crippen LogP contribution in [-0.4, -0.2) is 31.7 Å². The van der Waals surface area contributed by atoms with Crippen LogP contribution in [0.1, 0.15) is 57.4 Å². The number of carboxylic acids is 1. The zero-order valence-electron chi connectivity index (χ0n) is 14.8. The molecule has 23 heavy (non-hydrogen) atoms. The zero-order valence-corrected chi connectivity index (χ0v) is 14.8. The summed E-state index contributed by atoms with van der Waals surface area (Å²) in [5.74, 6) is -0.980. The Kier molecular flexibility index (Phi) is 8.10. The molecule has 1 aromatic rings. The minimum absolute atomic E-state index is 0.0824. The minimum atomic E-state index is -1.12. The van der Waals surface area contributed by atoms with Gasteiger partial charge in [-0.1, -0.05) is 51.5 Å². The van der Waals surface area contributed by atoms with Gasteiger partial charge in [0.25, 0.3) is 0 Å². The van der Waals surface area contributed by atoms with E-state index in [1.54, 1.807) is 20.2 Å². The highest BCUT2D eigenvalue weighted by Gasteiger charge is 2.23. The second kappa shape index (κ2) is 9.56. The van der Waals surface area contributed by atoms with E-state index in [0.29, 0.717) is 5.69 Å². The first-order valence-electron chi connectivity index (χ1n) is 8.72. The standard InChI is InChI=1S/C19H31NO3/c1-4-5-6-7-8-9-10-11-16-12-13-18(21)17(14-16)20(2,3)15-19(22)23/h12-14H,4-11,15H2,1-3H3,(H-,21,22,23). The lowest BCUT2D eigenvalue weighted by Gasteiger charge is -2.30. The smallest absolute Gasteiger partial charge is 0.177 e. The summed E-state index contributed by atoms with van der Waals surface area (Å²) < 4.78 is 0.0824. The van der Waals surface area contributed by atoms with E-state index < -0.39 is 5.97 Å². The first kappa shape index (κ1) is 19.5. The largest absolute Gasteiger partial charge is 0.544 e. The number of unbranched alkanes of at least 4 members (excludes halogenated alkanes) is 6. The molecule has 0 spiro atoms. The molecule has 0 aliphatic heterocycles. The number of aromatic hydroxyl groups is 1. The molecule has 0 unspecified atom stereocenters. The molecule has 0 aliphatic carbocycles. The highest BCUT2D eigenvalue weighted by atomic mass is 16.4. The van der Waals surface area contributed by atoms with E-state index in [1.165, 1.54) is 38.5 Å². The molecule has 0 aromatic heterocycles. The van der Waals surface area contributed by atoms with Crippen molar-refractivity contribution in [2.45, 2.75) is 58.3 Å². The van der Waals surface area contributed by atoms with Crippen molar-refractivity contribution in [1.29, 1.82) is 0 Å². The molecule has 1 aromatic carbocycles. The SMILES string of the molecule is CCCCCCCCCc1ccc(O)c([N+](C)(C)CC(=O)[O-])c1. The van der Waals surface area contributed by atoms with Crippen LogP contribution in [0.15, 0.2) is 18.2 Å². The number of hydrogen-bond donors (Lipinski definition) is 1. The van der Waals surface area contributed by atoms with Crippen LogP contribution in [0.25, 0.3) is 0 Å². The third-order valence-corrected chi connectivity index (χ3v) is 4.29. The molecule has 4 heteroatoms. The van der Waals surface area contributed by atoms with Gasteiger partial charge in [0.2, 0.25) is 0 Å². The Morgan fingerprint density at radius 1 is 1.09 bits per heavy atom. The second-order valence-electron chi connectivity index (χ2n) is 6.91. The summed E-state index contributed by atoms with van der Waals surface area (Å²) in [6, 6.07) is 5.52. The summed E-state index contributed by atoms with van der Waals surface area (Å²) >= 11 is 0. The van der Waals surface area contributed by atoms with Crippen LogP contribution in [0.2, 0.25) is 0 Å². The van der Waals surface area contributed by atoms with Crippen molar-refractivity contribution in [2.24, 2.45) is 0 Å². The molecular weight excluding hydrogens is 290 g/mol. The van der Waals surface area contributed by atoms with Crippen molar-refractivity contribution in [3.05, 3.63) is 23.8 Å². The maximum absolute atomic E-state index is 10.9. The van der Waals surface area contributed by atoms with Crippen molar-refractivity contribution in [3.63, 3.8) is 0 Å². The number of rotatable bonds is 11. The molecule has 0 saturated heterocycles. The summed E-state index contributed by atoms with van der Waals surface area (Å²) in [5, 5.41) is 20.9. The highest BCUT2D eigenvalue weighted by molar-refractivity contribution is 5.71. The van der Waals surface area contributed by atoms with Gasteiger partial charge in [0.1, 0.15) is 6.54 Å². The van der Waals surface area contributed by atoms with Gasteiger partial charge in [-0.2, -0.15) is 0 Å². The molecule has 130 valence electrons. The van der Waals surface area contributed by atoms with Crippen LogP contribution >= 0.6 is 0 Å². The monoisotopic (exact) mass is 321 g/mol. The van der Waals surface area contributed by atoms with Gasteiger partial charge in [0.05, 0.1) is 20.1 Å². The Balaban J connectivity index is 2.55. The van der Waals surface area contributed by atoms with E-state index in [1.807, 2.05) is 12.1 Å². The van der Waals surface area contributed by atoms with E-state index in [2.05, 4.69) is 6.92 Å². The summed E-state index contributed by atoms with van der Waals surface area (Å²) in [7, 11) is 3.53. The van der Waals surface area contributed by atoms with E-state index in [0.717, 1.165) is 18.4 Å². The molecule has 0 radical (unpaired) electrons. The van der Waals surface area contributed by atoms with Gasteiger partial charge < -0.3 is 15.0 Å². The molecule has 1 rings (SSSR count). The van der Waals surface area contributed by atoms with Gasteiger partial charge in [0, 0.05) is 6.07 Å². The Labute approximate surface area is 140 Å². The Morgan fingerprint density at radius 3 is 2.30 bits per heavy atom. The molecule has 0 aliphatic rings. The molecule has 0 fully saturated rings. The lowest BCUT2D eigenvalue weighted by Crippen LogP contribution is -2.49. The number of hydrogen-bond acceptors (Lipinski definition) is 3. The fourth-order valence-corrected chi connectivity index (χ4v) is 2.90. The van der Waals surface area contributed by atoms with Crippen LogP contribution in [0.4, 0.5) is 5.69 Å². The molecule has 0 amide bonds. The van der Waals surface area contributed by atoms with Crippen LogP contribution in [0.5, 0.6) is 5.75 Å². The normalized spacial score (nSPS) is 11.6. The number of likely N-dealkylation sites (N-methyl/N-ethyl adjacent to an activating group) is 1. The number of quaternary nitrogens is 1. The summed E-state index contributed by atoms with van der Waals surface area (Å²) in [5.41, 5.74) is 1.78. The Hall–Kier alpha value is -1.55. The van der Waals surface area contributed by atoms with Crippen LogP contribution < -0.4 is 9.59 Å². The number of aliphatic carboxylic acids is 1. The molecule has 4 nitrogen and oxygen atoms in total. The van der Waals surface area contributed by atoms with E-state index in [4.69, 9.17) is 0 Å². The van der Waals surface area contributed by atoms with Gasteiger partial charge in [0.15, 0.2) is 11.4 Å². The number of benzene rings is 1. The lowest BCUT2D eigenvalue weighted by atomic mass is 10.0. The van der Waals surface area contributed by atoms with E-state index in [-0.39, 0.29) is 16.8 Å². The van der Waals surface area contributed by atoms with Crippen LogP contribution in [-0.2, 0) is 11.2 Å². The highest BCUT2D eigenvalue weighted by Crippen LogP contribution is 2.31. The van der Waals surface area contributed by atoms with Crippen molar-refractivity contribution in [3.8, 4) is 5.75 Å². The maximum Gasteiger partial charge on any atom is 0.177 e. The molecular formula is C19H31NO3. The van der Waals surface area contributed by atoms with Crippen molar-refractivity contribution >= 4 is 11.7 Å². The summed E-state index contributed by atoms with van der Waals surface area (Å²) in [4.78, 5) is 10.9. The topological polar surface area (TPSA) is 60.4 Å². The average molecular weight is 321 g/mol. The van der Waals surface area contributed by atoms with E-state index in [9.17, 15) is 15.0 Å². The van der Waals surface area contributed by atoms with Crippen molar-refractivity contribution in [2.75, 3.05) is 20.6 Å². The Bertz CT molecular complexity index is 497. The molecule has 1 N–H and O–H groups in total. The van der Waals surface area contributed by atoms with Gasteiger partial charge in [-0.3, -0.25) is 4.48 Å². The predicted molar refractivity (Wildman–Crippen MR) is 93.3 cm³/mol. The maximum atomic E-state index is 10.9. The van der Waals surface area contributed by atoms with Crippen molar-refractivity contribution < 1.29 is 15.0 Å². The molecule has 0 atom stereocenters. The lowest BCUT2D eigenvalue weighted by molar-refractivity contribution is -0.305. The van der Waals surface area contributed by atoms with Crippen LogP contribution in [0, 0.1) is 0 Å². The molecule has 0 saturated carbocycles. The fourth-order valence-electron chi connectivity index (χ4n) is 2.90. The average Bonchev–Trinajstić information content (AvgIpc) is 2.46.